The zero-order valence-corrected chi connectivity index (χ0v) is 17.6. The van der Waals surface area contributed by atoms with Gasteiger partial charge in [0.1, 0.15) is 11.5 Å². The van der Waals surface area contributed by atoms with Crippen LogP contribution in [0.25, 0.3) is 28.2 Å². The van der Waals surface area contributed by atoms with Crippen LogP contribution in [-0.4, -0.2) is 20.0 Å². The van der Waals surface area contributed by atoms with Crippen LogP contribution >= 0.6 is 11.6 Å². The van der Waals surface area contributed by atoms with E-state index < -0.39 is 11.7 Å². The van der Waals surface area contributed by atoms with Gasteiger partial charge in [0.15, 0.2) is 0 Å². The zero-order chi connectivity index (χ0) is 23.0. The van der Waals surface area contributed by atoms with E-state index in [0.717, 1.165) is 17.7 Å². The third kappa shape index (κ3) is 4.03. The molecule has 32 heavy (non-hydrogen) atoms. The van der Waals surface area contributed by atoms with E-state index in [2.05, 4.69) is 5.10 Å². The van der Waals surface area contributed by atoms with E-state index in [0.29, 0.717) is 28.9 Å². The number of rotatable bonds is 4. The van der Waals surface area contributed by atoms with Gasteiger partial charge >= 0.3 is 6.18 Å². The summed E-state index contributed by atoms with van der Waals surface area (Å²) >= 11 is 6.34. The number of nitrogens with zero attached hydrogens (tertiary/aromatic N) is 2. The fourth-order valence-electron chi connectivity index (χ4n) is 3.58. The second-order valence-electron chi connectivity index (χ2n) is 7.20. The van der Waals surface area contributed by atoms with Crippen molar-refractivity contribution in [2.75, 3.05) is 0 Å². The van der Waals surface area contributed by atoms with Gasteiger partial charge in [-0.3, -0.25) is 0 Å². The minimum absolute atomic E-state index is 0.0636. The predicted molar refractivity (Wildman–Crippen MR) is 117 cm³/mol. The molecule has 0 fully saturated rings. The molecule has 1 aromatic heterocycles. The third-order valence-corrected chi connectivity index (χ3v) is 5.44. The van der Waals surface area contributed by atoms with Crippen molar-refractivity contribution in [2.45, 2.75) is 19.5 Å². The monoisotopic (exact) mass is 458 g/mol. The van der Waals surface area contributed by atoms with Gasteiger partial charge in [-0.2, -0.15) is 18.3 Å². The molecular formula is C24H18ClF3N2O2. The summed E-state index contributed by atoms with van der Waals surface area (Å²) in [6, 6.07) is 15.9. The first-order valence-electron chi connectivity index (χ1n) is 9.77. The van der Waals surface area contributed by atoms with Crippen LogP contribution in [0.15, 0.2) is 66.7 Å². The smallest absolute Gasteiger partial charge is 0.416 e. The largest absolute Gasteiger partial charge is 0.508 e. The van der Waals surface area contributed by atoms with Crippen molar-refractivity contribution in [1.82, 2.24) is 9.78 Å². The van der Waals surface area contributed by atoms with Gasteiger partial charge in [-0.25, -0.2) is 4.68 Å². The Morgan fingerprint density at radius 2 is 1.44 bits per heavy atom. The molecule has 0 aliphatic carbocycles. The highest BCUT2D eigenvalue weighted by molar-refractivity contribution is 6.32. The maximum absolute atomic E-state index is 13.4. The van der Waals surface area contributed by atoms with E-state index >= 15 is 0 Å². The van der Waals surface area contributed by atoms with Gasteiger partial charge in [0, 0.05) is 16.7 Å². The number of aromatic hydroxyl groups is 2. The van der Waals surface area contributed by atoms with E-state index in [-0.39, 0.29) is 22.2 Å². The summed E-state index contributed by atoms with van der Waals surface area (Å²) in [5.41, 5.74) is 2.51. The summed E-state index contributed by atoms with van der Waals surface area (Å²) < 4.78 is 41.6. The lowest BCUT2D eigenvalue weighted by Crippen LogP contribution is -2.08. The van der Waals surface area contributed by atoms with Crippen LogP contribution in [0.2, 0.25) is 5.02 Å². The Morgan fingerprint density at radius 1 is 0.875 bits per heavy atom. The second kappa shape index (κ2) is 8.24. The number of hydrogen-bond acceptors (Lipinski definition) is 3. The van der Waals surface area contributed by atoms with Crippen LogP contribution in [0.3, 0.4) is 0 Å². The van der Waals surface area contributed by atoms with Crippen molar-refractivity contribution in [1.29, 1.82) is 0 Å². The summed E-state index contributed by atoms with van der Waals surface area (Å²) in [5, 5.41) is 24.1. The van der Waals surface area contributed by atoms with Crippen LogP contribution in [-0.2, 0) is 12.6 Å². The van der Waals surface area contributed by atoms with E-state index in [1.54, 1.807) is 24.3 Å². The summed E-state index contributed by atoms with van der Waals surface area (Å²) in [5.74, 6) is 0.152. The Labute approximate surface area is 187 Å². The lowest BCUT2D eigenvalue weighted by molar-refractivity contribution is -0.137. The molecule has 4 nitrogen and oxygen atoms in total. The standard InChI is InChI=1S/C24H18ClF3N2O2/c1-2-19-22(14-3-8-17(31)9-4-14)29-30(23(19)15-5-10-18(32)11-6-15)21-13-16(24(26,27)28)7-12-20(21)25/h3-13,31-32H,2H2,1H3. The van der Waals surface area contributed by atoms with Crippen molar-refractivity contribution in [3.63, 3.8) is 0 Å². The Balaban J connectivity index is 2.04. The highest BCUT2D eigenvalue weighted by Gasteiger charge is 2.32. The first-order chi connectivity index (χ1) is 15.2. The molecule has 0 atom stereocenters. The Hall–Kier alpha value is -3.45. The number of phenolic OH excluding ortho intramolecular Hbond substituents is 2. The molecule has 0 bridgehead atoms. The van der Waals surface area contributed by atoms with Crippen LogP contribution in [0, 0.1) is 0 Å². The fraction of sp³-hybridized carbons (Fsp3) is 0.125. The molecule has 0 saturated heterocycles. The molecule has 0 amide bonds. The van der Waals surface area contributed by atoms with E-state index in [9.17, 15) is 23.4 Å². The average Bonchev–Trinajstić information content (AvgIpc) is 3.13. The summed E-state index contributed by atoms with van der Waals surface area (Å²) in [6.07, 6.45) is -4.01. The molecule has 4 rings (SSSR count). The van der Waals surface area contributed by atoms with Crippen molar-refractivity contribution < 1.29 is 23.4 Å². The van der Waals surface area contributed by atoms with Crippen molar-refractivity contribution >= 4 is 11.6 Å². The molecule has 8 heteroatoms. The Bertz CT molecular complexity index is 1260. The number of hydrogen-bond donors (Lipinski definition) is 2. The number of alkyl halides is 3. The van der Waals surface area contributed by atoms with Gasteiger partial charge in [0.25, 0.3) is 0 Å². The molecule has 4 aromatic rings. The van der Waals surface area contributed by atoms with E-state index in [1.807, 2.05) is 6.92 Å². The topological polar surface area (TPSA) is 58.3 Å². The first-order valence-corrected chi connectivity index (χ1v) is 10.1. The lowest BCUT2D eigenvalue weighted by atomic mass is 9.99. The van der Waals surface area contributed by atoms with Crippen molar-refractivity contribution in [2.24, 2.45) is 0 Å². The molecule has 0 unspecified atom stereocenters. The van der Waals surface area contributed by atoms with Crippen LogP contribution in [0.4, 0.5) is 13.2 Å². The van der Waals surface area contributed by atoms with Gasteiger partial charge in [-0.1, -0.05) is 18.5 Å². The first kappa shape index (κ1) is 21.8. The highest BCUT2D eigenvalue weighted by atomic mass is 35.5. The molecule has 0 aliphatic rings. The normalized spacial score (nSPS) is 11.7. The zero-order valence-electron chi connectivity index (χ0n) is 16.9. The van der Waals surface area contributed by atoms with Crippen LogP contribution < -0.4 is 0 Å². The number of phenols is 2. The van der Waals surface area contributed by atoms with E-state index in [1.165, 1.54) is 35.0 Å². The third-order valence-electron chi connectivity index (χ3n) is 5.12. The number of benzene rings is 3. The van der Waals surface area contributed by atoms with Gasteiger partial charge in [0.2, 0.25) is 0 Å². The molecule has 3 aromatic carbocycles. The Kier molecular flexibility index (Phi) is 5.60. The number of halogens is 4. The maximum atomic E-state index is 13.4. The average molecular weight is 459 g/mol. The van der Waals surface area contributed by atoms with Crippen LogP contribution in [0.1, 0.15) is 18.1 Å². The van der Waals surface area contributed by atoms with Gasteiger partial charge in [-0.05, 0) is 73.2 Å². The molecule has 2 N–H and O–H groups in total. The lowest BCUT2D eigenvalue weighted by Gasteiger charge is -2.14. The molecule has 0 radical (unpaired) electrons. The van der Waals surface area contributed by atoms with Gasteiger partial charge < -0.3 is 10.2 Å². The quantitative estimate of drug-likeness (QED) is 0.351. The van der Waals surface area contributed by atoms with Crippen molar-refractivity contribution in [3.05, 3.63) is 82.9 Å². The highest BCUT2D eigenvalue weighted by Crippen LogP contribution is 2.39. The molecule has 0 saturated carbocycles. The van der Waals surface area contributed by atoms with Gasteiger partial charge in [-0.15, -0.1) is 0 Å². The van der Waals surface area contributed by atoms with Crippen molar-refractivity contribution in [3.8, 4) is 39.7 Å². The molecule has 0 spiro atoms. The van der Waals surface area contributed by atoms with Gasteiger partial charge in [0.05, 0.1) is 27.7 Å². The summed E-state index contributed by atoms with van der Waals surface area (Å²) in [6.45, 7) is 1.92. The minimum atomic E-state index is -4.54. The second-order valence-corrected chi connectivity index (χ2v) is 7.61. The SMILES string of the molecule is CCc1c(-c2ccc(O)cc2)nn(-c2cc(C(F)(F)F)ccc2Cl)c1-c1ccc(O)cc1. The summed E-state index contributed by atoms with van der Waals surface area (Å²) in [7, 11) is 0. The molecule has 164 valence electrons. The number of aromatic nitrogens is 2. The molecule has 0 aliphatic heterocycles. The predicted octanol–water partition coefficient (Wildman–Crippen LogP) is 6.85. The van der Waals surface area contributed by atoms with Crippen LogP contribution in [0.5, 0.6) is 11.5 Å². The summed E-state index contributed by atoms with van der Waals surface area (Å²) in [4.78, 5) is 0. The fourth-order valence-corrected chi connectivity index (χ4v) is 3.78. The van der Waals surface area contributed by atoms with E-state index in [4.69, 9.17) is 11.6 Å². The molecular weight excluding hydrogens is 441 g/mol. The Morgan fingerprint density at radius 3 is 1.97 bits per heavy atom. The maximum Gasteiger partial charge on any atom is 0.416 e. The minimum Gasteiger partial charge on any atom is -0.508 e. The molecule has 1 heterocycles.